The zero-order valence-corrected chi connectivity index (χ0v) is 18.1. The van der Waals surface area contributed by atoms with Crippen molar-refractivity contribution in [3.8, 4) is 5.75 Å². The van der Waals surface area contributed by atoms with Crippen molar-refractivity contribution in [1.29, 1.82) is 0 Å². The highest BCUT2D eigenvalue weighted by atomic mass is 79.9. The summed E-state index contributed by atoms with van der Waals surface area (Å²) in [7, 11) is 0. The molecule has 24 heavy (non-hydrogen) atoms. The van der Waals surface area contributed by atoms with Gasteiger partial charge in [-0.3, -0.25) is 4.90 Å². The predicted molar refractivity (Wildman–Crippen MR) is 109 cm³/mol. The fourth-order valence-electron chi connectivity index (χ4n) is 3.55. The van der Waals surface area contributed by atoms with Gasteiger partial charge in [0.05, 0.1) is 4.47 Å². The van der Waals surface area contributed by atoms with Crippen molar-refractivity contribution in [1.82, 2.24) is 10.2 Å². The topological polar surface area (TPSA) is 44.7 Å². The molecule has 8 heteroatoms. The summed E-state index contributed by atoms with van der Waals surface area (Å²) >= 11 is 7.13. The number of aromatic hydroxyl groups is 1. The lowest BCUT2D eigenvalue weighted by Gasteiger charge is -2.41. The van der Waals surface area contributed by atoms with Crippen molar-refractivity contribution >= 4 is 56.7 Å². The highest BCUT2D eigenvalue weighted by molar-refractivity contribution is 9.11. The van der Waals surface area contributed by atoms with Crippen LogP contribution >= 0.6 is 56.7 Å². The van der Waals surface area contributed by atoms with Crippen LogP contribution in [0.15, 0.2) is 21.1 Å². The Balaban J connectivity index is 0.00000144. The van der Waals surface area contributed by atoms with E-state index in [1.165, 1.54) is 0 Å². The smallest absolute Gasteiger partial charge is 0.135 e. The van der Waals surface area contributed by atoms with Crippen LogP contribution in [-0.4, -0.2) is 49.4 Å². The molecule has 138 valence electrons. The lowest BCUT2D eigenvalue weighted by molar-refractivity contribution is 0.0204. The van der Waals surface area contributed by atoms with E-state index in [1.54, 1.807) is 0 Å². The van der Waals surface area contributed by atoms with E-state index in [1.807, 2.05) is 12.1 Å². The molecule has 2 heterocycles. The first-order valence-corrected chi connectivity index (χ1v) is 9.46. The Hall–Kier alpha value is 0.440. The summed E-state index contributed by atoms with van der Waals surface area (Å²) in [6.45, 7) is 5.68. The third-order valence-electron chi connectivity index (χ3n) is 4.67. The van der Waals surface area contributed by atoms with Crippen LogP contribution < -0.4 is 5.32 Å². The molecule has 0 bridgehead atoms. The number of nitrogens with zero attached hydrogens (tertiary/aromatic N) is 1. The monoisotopic (exact) mass is 504 g/mol. The molecule has 2 saturated heterocycles. The number of phenols is 1. The van der Waals surface area contributed by atoms with E-state index in [4.69, 9.17) is 4.74 Å². The van der Waals surface area contributed by atoms with Gasteiger partial charge >= 0.3 is 0 Å². The zero-order chi connectivity index (χ0) is 15.5. The molecule has 2 fully saturated rings. The van der Waals surface area contributed by atoms with Crippen LogP contribution in [0.2, 0.25) is 0 Å². The highest BCUT2D eigenvalue weighted by Crippen LogP contribution is 2.45. The molecule has 0 amide bonds. The summed E-state index contributed by atoms with van der Waals surface area (Å²) in [5.74, 6) is 0.882. The Labute approximate surface area is 172 Å². The van der Waals surface area contributed by atoms with Gasteiger partial charge in [-0.15, -0.1) is 24.8 Å². The average Bonchev–Trinajstić information content (AvgIpc) is 2.57. The van der Waals surface area contributed by atoms with Crippen LogP contribution in [0.25, 0.3) is 0 Å². The number of halogens is 4. The second-order valence-corrected chi connectivity index (χ2v) is 7.68. The third-order valence-corrected chi connectivity index (χ3v) is 6.00. The van der Waals surface area contributed by atoms with Crippen LogP contribution in [-0.2, 0) is 4.74 Å². The van der Waals surface area contributed by atoms with Gasteiger partial charge in [0.2, 0.25) is 0 Å². The number of hydrogen-bond donors (Lipinski definition) is 2. The van der Waals surface area contributed by atoms with E-state index in [0.717, 1.165) is 66.7 Å². The van der Waals surface area contributed by atoms with Gasteiger partial charge in [-0.05, 0) is 46.8 Å². The van der Waals surface area contributed by atoms with Crippen LogP contribution in [0.1, 0.15) is 24.4 Å². The Morgan fingerprint density at radius 1 is 1.08 bits per heavy atom. The fraction of sp³-hybridized carbons (Fsp3) is 0.625. The van der Waals surface area contributed by atoms with Crippen molar-refractivity contribution in [3.05, 3.63) is 26.6 Å². The van der Waals surface area contributed by atoms with E-state index < -0.39 is 0 Å². The lowest BCUT2D eigenvalue weighted by Crippen LogP contribution is -2.47. The molecule has 1 atom stereocenters. The molecular formula is C16H24Br2Cl2N2O2. The minimum Gasteiger partial charge on any atom is -0.506 e. The number of nitrogens with one attached hydrogen (secondary N) is 1. The molecule has 4 nitrogen and oxygen atoms in total. The maximum atomic E-state index is 10.7. The second-order valence-electron chi connectivity index (χ2n) is 5.97. The first-order valence-electron chi connectivity index (χ1n) is 7.88. The Morgan fingerprint density at radius 3 is 2.29 bits per heavy atom. The largest absolute Gasteiger partial charge is 0.506 e. The first-order chi connectivity index (χ1) is 10.7. The van der Waals surface area contributed by atoms with Gasteiger partial charge < -0.3 is 15.2 Å². The van der Waals surface area contributed by atoms with Gasteiger partial charge in [0.25, 0.3) is 0 Å². The first kappa shape index (κ1) is 22.5. The lowest BCUT2D eigenvalue weighted by atomic mass is 9.85. The number of piperazine rings is 1. The van der Waals surface area contributed by atoms with E-state index in [-0.39, 0.29) is 30.9 Å². The molecule has 1 aromatic carbocycles. The van der Waals surface area contributed by atoms with Gasteiger partial charge in [0.15, 0.2) is 0 Å². The number of hydrogen-bond acceptors (Lipinski definition) is 4. The van der Waals surface area contributed by atoms with Gasteiger partial charge in [-0.25, -0.2) is 0 Å². The number of phenolic OH excluding ortho intramolecular Hbond substituents is 1. The maximum Gasteiger partial charge on any atom is 0.135 e. The van der Waals surface area contributed by atoms with Gasteiger partial charge in [0, 0.05) is 55.5 Å². The second kappa shape index (κ2) is 10.6. The number of rotatable bonds is 3. The summed E-state index contributed by atoms with van der Waals surface area (Å²) < 4.78 is 7.29. The van der Waals surface area contributed by atoms with Crippen molar-refractivity contribution < 1.29 is 9.84 Å². The normalized spacial score (nSPS) is 20.8. The minimum atomic E-state index is 0. The molecule has 1 aromatic rings. The van der Waals surface area contributed by atoms with Crippen LogP contribution in [0, 0.1) is 5.92 Å². The molecule has 0 radical (unpaired) electrons. The van der Waals surface area contributed by atoms with Crippen molar-refractivity contribution in [2.45, 2.75) is 18.9 Å². The third kappa shape index (κ3) is 5.00. The van der Waals surface area contributed by atoms with Crippen LogP contribution in [0.3, 0.4) is 0 Å². The summed E-state index contributed by atoms with van der Waals surface area (Å²) in [5, 5.41) is 14.1. The van der Waals surface area contributed by atoms with E-state index >= 15 is 0 Å². The summed E-state index contributed by atoms with van der Waals surface area (Å²) in [5.41, 5.74) is 1.02. The summed E-state index contributed by atoms with van der Waals surface area (Å²) in [6, 6.07) is 4.15. The van der Waals surface area contributed by atoms with E-state index in [0.29, 0.717) is 11.7 Å². The molecular weight excluding hydrogens is 483 g/mol. The Bertz CT molecular complexity index is 507. The van der Waals surface area contributed by atoms with Crippen molar-refractivity contribution in [3.63, 3.8) is 0 Å². The Kier molecular flexibility index (Phi) is 9.89. The zero-order valence-electron chi connectivity index (χ0n) is 13.3. The van der Waals surface area contributed by atoms with E-state index in [2.05, 4.69) is 42.1 Å². The van der Waals surface area contributed by atoms with Crippen LogP contribution in [0.4, 0.5) is 0 Å². The van der Waals surface area contributed by atoms with Crippen LogP contribution in [0.5, 0.6) is 5.75 Å². The van der Waals surface area contributed by atoms with E-state index in [9.17, 15) is 5.11 Å². The van der Waals surface area contributed by atoms with Crippen molar-refractivity contribution in [2.75, 3.05) is 39.4 Å². The summed E-state index contributed by atoms with van der Waals surface area (Å²) in [6.07, 6.45) is 2.10. The van der Waals surface area contributed by atoms with Crippen molar-refractivity contribution in [2.24, 2.45) is 5.92 Å². The molecule has 0 unspecified atom stereocenters. The minimum absolute atomic E-state index is 0. The molecule has 2 N–H and O–H groups in total. The number of benzene rings is 1. The predicted octanol–water partition coefficient (Wildman–Crippen LogP) is 4.13. The SMILES string of the molecule is Cl.Cl.Oc1c(Br)ccc(Br)c1[C@@H](C1CCOCC1)N1CCNCC1. The molecule has 0 spiro atoms. The molecule has 0 saturated carbocycles. The maximum absolute atomic E-state index is 10.7. The molecule has 2 aliphatic heterocycles. The molecule has 0 aromatic heterocycles. The van der Waals surface area contributed by atoms with Gasteiger partial charge in [-0.2, -0.15) is 0 Å². The van der Waals surface area contributed by atoms with Gasteiger partial charge in [0.1, 0.15) is 5.75 Å². The number of ether oxygens (including phenoxy) is 1. The quantitative estimate of drug-likeness (QED) is 0.647. The molecule has 2 aliphatic rings. The standard InChI is InChI=1S/C16H22Br2N2O2.2ClH/c17-12-1-2-13(18)16(21)14(12)15(11-3-9-22-10-4-11)20-7-5-19-6-8-20;;/h1-2,11,15,19,21H,3-10H2;2*1H/t15-;;/m1../s1. The fourth-order valence-corrected chi connectivity index (χ4v) is 4.45. The molecule has 0 aliphatic carbocycles. The highest BCUT2D eigenvalue weighted by Gasteiger charge is 2.34. The Morgan fingerprint density at radius 2 is 1.67 bits per heavy atom. The van der Waals surface area contributed by atoms with Gasteiger partial charge in [-0.1, -0.05) is 15.9 Å². The summed E-state index contributed by atoms with van der Waals surface area (Å²) in [4.78, 5) is 2.51. The average molecular weight is 507 g/mol. The molecule has 3 rings (SSSR count).